The number of rotatable bonds is 6. The van der Waals surface area contributed by atoms with Gasteiger partial charge in [-0.1, -0.05) is 37.3 Å². The van der Waals surface area contributed by atoms with Crippen LogP contribution >= 0.6 is 0 Å². The van der Waals surface area contributed by atoms with E-state index in [9.17, 15) is 0 Å². The number of aromatic nitrogens is 2. The van der Waals surface area contributed by atoms with Crippen LogP contribution in [0.3, 0.4) is 0 Å². The smallest absolute Gasteiger partial charge is 0.247 e. The maximum absolute atomic E-state index is 8.84. The Bertz CT molecular complexity index is 849. The highest BCUT2D eigenvalue weighted by molar-refractivity contribution is 5.54. The molecule has 25 heavy (non-hydrogen) atoms. The highest BCUT2D eigenvalue weighted by atomic mass is 16.4. The molecule has 0 saturated heterocycles. The van der Waals surface area contributed by atoms with Gasteiger partial charge >= 0.3 is 0 Å². The second-order valence-corrected chi connectivity index (χ2v) is 6.06. The van der Waals surface area contributed by atoms with Crippen molar-refractivity contribution in [3.05, 3.63) is 71.6 Å². The van der Waals surface area contributed by atoms with E-state index in [0.29, 0.717) is 29.8 Å². The molecule has 3 aromatic rings. The van der Waals surface area contributed by atoms with Crippen LogP contribution in [0.4, 0.5) is 0 Å². The van der Waals surface area contributed by atoms with Crippen LogP contribution < -0.4 is 5.32 Å². The van der Waals surface area contributed by atoms with Crippen molar-refractivity contribution in [3.63, 3.8) is 0 Å². The molecule has 0 aliphatic rings. The lowest BCUT2D eigenvalue weighted by Gasteiger charge is -2.21. The average molecular weight is 332 g/mol. The lowest BCUT2D eigenvalue weighted by molar-refractivity contribution is 0.423. The first-order valence-electron chi connectivity index (χ1n) is 8.28. The molecule has 0 saturated carbocycles. The molecule has 0 fully saturated rings. The molecule has 1 heterocycles. The van der Waals surface area contributed by atoms with Gasteiger partial charge in [0, 0.05) is 11.6 Å². The lowest BCUT2D eigenvalue weighted by Crippen LogP contribution is -2.30. The van der Waals surface area contributed by atoms with E-state index in [-0.39, 0.29) is 6.04 Å². The van der Waals surface area contributed by atoms with Crippen LogP contribution in [0, 0.1) is 11.3 Å². The molecule has 1 aromatic heterocycles. The molecule has 0 amide bonds. The van der Waals surface area contributed by atoms with Gasteiger partial charge in [-0.25, -0.2) is 0 Å². The van der Waals surface area contributed by atoms with Crippen molar-refractivity contribution < 1.29 is 4.42 Å². The van der Waals surface area contributed by atoms with Gasteiger partial charge in [-0.15, -0.1) is 10.2 Å². The van der Waals surface area contributed by atoms with E-state index in [1.54, 1.807) is 12.1 Å². The van der Waals surface area contributed by atoms with Crippen molar-refractivity contribution in [2.24, 2.45) is 0 Å². The zero-order valence-electron chi connectivity index (χ0n) is 14.3. The van der Waals surface area contributed by atoms with Gasteiger partial charge in [0.1, 0.15) is 0 Å². The SMILES string of the molecule is C[C@H](NCc1nnc(-c2ccc(C#N)cc2)o1)[C@H](C)c1ccccc1. The normalized spacial score (nSPS) is 13.2. The highest BCUT2D eigenvalue weighted by Crippen LogP contribution is 2.20. The maximum atomic E-state index is 8.84. The Morgan fingerprint density at radius 2 is 1.76 bits per heavy atom. The van der Waals surface area contributed by atoms with E-state index in [2.05, 4.69) is 59.7 Å². The summed E-state index contributed by atoms with van der Waals surface area (Å²) in [6.07, 6.45) is 0. The fourth-order valence-electron chi connectivity index (χ4n) is 2.60. The van der Waals surface area contributed by atoms with Gasteiger partial charge in [-0.2, -0.15) is 5.26 Å². The molecule has 0 spiro atoms. The van der Waals surface area contributed by atoms with Crippen LogP contribution in [0.25, 0.3) is 11.5 Å². The molecule has 5 heteroatoms. The monoisotopic (exact) mass is 332 g/mol. The first kappa shape index (κ1) is 16.9. The van der Waals surface area contributed by atoms with E-state index < -0.39 is 0 Å². The Kier molecular flexibility index (Phi) is 5.22. The fraction of sp³-hybridized carbons (Fsp3) is 0.250. The number of nitrogens with one attached hydrogen (secondary N) is 1. The quantitative estimate of drug-likeness (QED) is 0.741. The minimum Gasteiger partial charge on any atom is -0.419 e. The molecule has 1 N–H and O–H groups in total. The number of hydrogen-bond donors (Lipinski definition) is 1. The third kappa shape index (κ3) is 4.11. The Balaban J connectivity index is 1.60. The largest absolute Gasteiger partial charge is 0.419 e. The molecular weight excluding hydrogens is 312 g/mol. The molecule has 2 aromatic carbocycles. The van der Waals surface area contributed by atoms with Crippen LogP contribution in [0.15, 0.2) is 59.0 Å². The van der Waals surface area contributed by atoms with Gasteiger partial charge in [-0.3, -0.25) is 0 Å². The summed E-state index contributed by atoms with van der Waals surface area (Å²) in [6.45, 7) is 4.86. The van der Waals surface area contributed by atoms with Gasteiger partial charge in [0.2, 0.25) is 11.8 Å². The van der Waals surface area contributed by atoms with Gasteiger partial charge in [-0.05, 0) is 42.7 Å². The summed E-state index contributed by atoms with van der Waals surface area (Å²) in [4.78, 5) is 0. The second-order valence-electron chi connectivity index (χ2n) is 6.06. The van der Waals surface area contributed by atoms with Gasteiger partial charge in [0.25, 0.3) is 0 Å². The molecule has 0 unspecified atom stereocenters. The van der Waals surface area contributed by atoms with Crippen molar-refractivity contribution in [2.45, 2.75) is 32.4 Å². The Morgan fingerprint density at radius 1 is 1.04 bits per heavy atom. The Hall–Kier alpha value is -2.97. The number of hydrogen-bond acceptors (Lipinski definition) is 5. The van der Waals surface area contributed by atoms with Crippen molar-refractivity contribution in [3.8, 4) is 17.5 Å². The predicted octanol–water partition coefficient (Wildman–Crippen LogP) is 3.89. The Labute approximate surface area is 147 Å². The molecule has 3 rings (SSSR count). The van der Waals surface area contributed by atoms with E-state index in [1.807, 2.05) is 18.2 Å². The molecule has 0 aliphatic carbocycles. The third-order valence-corrected chi connectivity index (χ3v) is 4.38. The summed E-state index contributed by atoms with van der Waals surface area (Å²) in [7, 11) is 0. The van der Waals surface area contributed by atoms with Crippen molar-refractivity contribution in [1.29, 1.82) is 5.26 Å². The standard InChI is InChI=1S/C20H20N4O/c1-14(17-6-4-3-5-7-17)15(2)22-13-19-23-24-20(25-19)18-10-8-16(12-21)9-11-18/h3-11,14-15,22H,13H2,1-2H3/t14-,15-/m0/s1. The zero-order chi connectivity index (χ0) is 17.6. The molecule has 5 nitrogen and oxygen atoms in total. The third-order valence-electron chi connectivity index (χ3n) is 4.38. The summed E-state index contributed by atoms with van der Waals surface area (Å²) in [5, 5.41) is 20.5. The van der Waals surface area contributed by atoms with Crippen LogP contribution in [0.1, 0.15) is 36.8 Å². The zero-order valence-corrected chi connectivity index (χ0v) is 14.3. The Morgan fingerprint density at radius 3 is 2.44 bits per heavy atom. The topological polar surface area (TPSA) is 74.7 Å². The van der Waals surface area contributed by atoms with E-state index in [4.69, 9.17) is 9.68 Å². The molecule has 126 valence electrons. The van der Waals surface area contributed by atoms with Gasteiger partial charge < -0.3 is 9.73 Å². The van der Waals surface area contributed by atoms with E-state index in [1.165, 1.54) is 5.56 Å². The molecule has 0 aliphatic heterocycles. The number of nitriles is 1. The lowest BCUT2D eigenvalue weighted by atomic mass is 9.94. The fourth-order valence-corrected chi connectivity index (χ4v) is 2.60. The molecule has 0 bridgehead atoms. The van der Waals surface area contributed by atoms with Crippen molar-refractivity contribution in [2.75, 3.05) is 0 Å². The summed E-state index contributed by atoms with van der Waals surface area (Å²) in [5.74, 6) is 1.39. The average Bonchev–Trinajstić information content (AvgIpc) is 3.15. The van der Waals surface area contributed by atoms with E-state index in [0.717, 1.165) is 5.56 Å². The van der Waals surface area contributed by atoms with Crippen LogP contribution in [-0.4, -0.2) is 16.2 Å². The highest BCUT2D eigenvalue weighted by Gasteiger charge is 2.15. The molecule has 0 radical (unpaired) electrons. The minimum absolute atomic E-state index is 0.271. The first-order valence-corrected chi connectivity index (χ1v) is 8.28. The van der Waals surface area contributed by atoms with Gasteiger partial charge in [0.05, 0.1) is 18.2 Å². The second kappa shape index (κ2) is 7.73. The van der Waals surface area contributed by atoms with Crippen molar-refractivity contribution in [1.82, 2.24) is 15.5 Å². The maximum Gasteiger partial charge on any atom is 0.247 e. The van der Waals surface area contributed by atoms with Crippen molar-refractivity contribution >= 4 is 0 Å². The van der Waals surface area contributed by atoms with Crippen LogP contribution in [0.2, 0.25) is 0 Å². The predicted molar refractivity (Wildman–Crippen MR) is 95.6 cm³/mol. The van der Waals surface area contributed by atoms with Crippen LogP contribution in [0.5, 0.6) is 0 Å². The van der Waals surface area contributed by atoms with Gasteiger partial charge in [0.15, 0.2) is 0 Å². The minimum atomic E-state index is 0.271. The summed E-state index contributed by atoms with van der Waals surface area (Å²) >= 11 is 0. The first-order chi connectivity index (χ1) is 12.2. The van der Waals surface area contributed by atoms with E-state index >= 15 is 0 Å². The summed E-state index contributed by atoms with van der Waals surface area (Å²) in [6, 6.07) is 19.9. The molecular formula is C20H20N4O. The van der Waals surface area contributed by atoms with Crippen LogP contribution in [-0.2, 0) is 6.54 Å². The summed E-state index contributed by atoms with van der Waals surface area (Å²) < 4.78 is 5.71. The number of nitrogens with zero attached hydrogens (tertiary/aromatic N) is 3. The molecule has 2 atom stereocenters. The number of benzene rings is 2. The summed E-state index contributed by atoms with van der Waals surface area (Å²) in [5.41, 5.74) is 2.71.